The van der Waals surface area contributed by atoms with Crippen LogP contribution in [0.15, 0.2) is 12.1 Å². The van der Waals surface area contributed by atoms with Gasteiger partial charge in [-0.15, -0.1) is 0 Å². The van der Waals surface area contributed by atoms with Crippen molar-refractivity contribution in [2.75, 3.05) is 20.8 Å². The summed E-state index contributed by atoms with van der Waals surface area (Å²) in [6.07, 6.45) is 1.12. The fourth-order valence-electron chi connectivity index (χ4n) is 1.75. The van der Waals surface area contributed by atoms with Crippen molar-refractivity contribution in [2.24, 2.45) is 5.41 Å². The predicted octanol–water partition coefficient (Wildman–Crippen LogP) is 3.88. The Labute approximate surface area is 121 Å². The lowest BCUT2D eigenvalue weighted by Gasteiger charge is -2.18. The van der Waals surface area contributed by atoms with Gasteiger partial charge in [0.15, 0.2) is 11.5 Å². The van der Waals surface area contributed by atoms with Gasteiger partial charge in [0, 0.05) is 6.54 Å². The molecule has 0 fully saturated rings. The van der Waals surface area contributed by atoms with Crippen molar-refractivity contribution in [1.82, 2.24) is 5.32 Å². The number of ether oxygens (including phenoxy) is 2. The van der Waals surface area contributed by atoms with E-state index in [1.165, 1.54) is 0 Å². The molecule has 0 aliphatic carbocycles. The van der Waals surface area contributed by atoms with Gasteiger partial charge < -0.3 is 14.8 Å². The molecule has 0 spiro atoms. The van der Waals surface area contributed by atoms with Crippen molar-refractivity contribution in [3.8, 4) is 11.5 Å². The van der Waals surface area contributed by atoms with Crippen LogP contribution in [0, 0.1) is 5.41 Å². The highest BCUT2D eigenvalue weighted by molar-refractivity contribution is 6.33. The minimum absolute atomic E-state index is 0.342. The van der Waals surface area contributed by atoms with E-state index in [9.17, 15) is 0 Å². The molecule has 3 nitrogen and oxygen atoms in total. The molecule has 0 unspecified atom stereocenters. The molecule has 0 saturated heterocycles. The third-order valence-electron chi connectivity index (χ3n) is 2.93. The van der Waals surface area contributed by atoms with E-state index >= 15 is 0 Å². The molecular weight excluding hydrogens is 262 g/mol. The van der Waals surface area contributed by atoms with Crippen molar-refractivity contribution in [3.05, 3.63) is 22.7 Å². The van der Waals surface area contributed by atoms with Gasteiger partial charge in [-0.3, -0.25) is 0 Å². The van der Waals surface area contributed by atoms with Crippen molar-refractivity contribution < 1.29 is 9.47 Å². The molecule has 0 bridgehead atoms. The number of benzene rings is 1. The van der Waals surface area contributed by atoms with Gasteiger partial charge in [-0.2, -0.15) is 0 Å². The first-order valence-electron chi connectivity index (χ1n) is 6.49. The highest BCUT2D eigenvalue weighted by Crippen LogP contribution is 2.37. The number of nitrogens with one attached hydrogen (secondary N) is 1. The maximum absolute atomic E-state index is 6.32. The van der Waals surface area contributed by atoms with Gasteiger partial charge in [-0.25, -0.2) is 0 Å². The van der Waals surface area contributed by atoms with E-state index < -0.39 is 0 Å². The van der Waals surface area contributed by atoms with Crippen LogP contribution in [0.25, 0.3) is 0 Å². The first-order valence-corrected chi connectivity index (χ1v) is 6.87. The van der Waals surface area contributed by atoms with Crippen LogP contribution in [0.4, 0.5) is 0 Å². The van der Waals surface area contributed by atoms with Crippen molar-refractivity contribution in [1.29, 1.82) is 0 Å². The van der Waals surface area contributed by atoms with E-state index in [4.69, 9.17) is 21.1 Å². The lowest BCUT2D eigenvalue weighted by molar-refractivity contribution is 0.354. The summed E-state index contributed by atoms with van der Waals surface area (Å²) in [5, 5.41) is 4.02. The zero-order valence-corrected chi connectivity index (χ0v) is 13.2. The maximum atomic E-state index is 6.32. The fraction of sp³-hybridized carbons (Fsp3) is 0.600. The molecule has 0 radical (unpaired) electrons. The fourth-order valence-corrected chi connectivity index (χ4v) is 2.05. The zero-order chi connectivity index (χ0) is 14.5. The van der Waals surface area contributed by atoms with Gasteiger partial charge in [0.05, 0.1) is 19.2 Å². The summed E-state index contributed by atoms with van der Waals surface area (Å²) in [6, 6.07) is 3.85. The molecule has 1 N–H and O–H groups in total. The van der Waals surface area contributed by atoms with Crippen LogP contribution in [0.5, 0.6) is 11.5 Å². The largest absolute Gasteiger partial charge is 0.493 e. The van der Waals surface area contributed by atoms with Gasteiger partial charge in [0.1, 0.15) is 0 Å². The molecule has 0 aliphatic heterocycles. The lowest BCUT2D eigenvalue weighted by Crippen LogP contribution is -2.20. The summed E-state index contributed by atoms with van der Waals surface area (Å²) in [4.78, 5) is 0. The third-order valence-corrected chi connectivity index (χ3v) is 3.35. The Morgan fingerprint density at radius 2 is 1.84 bits per heavy atom. The summed E-state index contributed by atoms with van der Waals surface area (Å²) in [6.45, 7) is 8.40. The van der Waals surface area contributed by atoms with Crippen LogP contribution in [-0.2, 0) is 6.54 Å². The normalized spacial score (nSPS) is 11.5. The highest BCUT2D eigenvalue weighted by Gasteiger charge is 2.13. The van der Waals surface area contributed by atoms with Gasteiger partial charge >= 0.3 is 0 Å². The quantitative estimate of drug-likeness (QED) is 0.805. The second-order valence-corrected chi connectivity index (χ2v) is 6.14. The van der Waals surface area contributed by atoms with Crippen LogP contribution in [-0.4, -0.2) is 20.8 Å². The SMILES string of the molecule is COc1ccc(CNCCC(C)(C)C)c(Cl)c1OC. The lowest BCUT2D eigenvalue weighted by atomic mass is 9.92. The molecule has 108 valence electrons. The van der Waals surface area contributed by atoms with Gasteiger partial charge in [-0.1, -0.05) is 38.4 Å². The molecule has 1 rings (SSSR count). The number of methoxy groups -OCH3 is 2. The van der Waals surface area contributed by atoms with E-state index in [0.29, 0.717) is 21.9 Å². The molecule has 0 atom stereocenters. The Balaban J connectivity index is 2.64. The van der Waals surface area contributed by atoms with Gasteiger partial charge in [0.2, 0.25) is 0 Å². The van der Waals surface area contributed by atoms with E-state index in [-0.39, 0.29) is 0 Å². The second-order valence-electron chi connectivity index (χ2n) is 5.76. The average molecular weight is 286 g/mol. The van der Waals surface area contributed by atoms with Gasteiger partial charge in [0.25, 0.3) is 0 Å². The van der Waals surface area contributed by atoms with Gasteiger partial charge in [-0.05, 0) is 30.0 Å². The number of rotatable bonds is 6. The molecule has 1 aromatic carbocycles. The first kappa shape index (κ1) is 16.1. The molecule has 19 heavy (non-hydrogen) atoms. The number of hydrogen-bond donors (Lipinski definition) is 1. The number of hydrogen-bond acceptors (Lipinski definition) is 3. The molecule has 0 saturated carbocycles. The summed E-state index contributed by atoms with van der Waals surface area (Å²) in [5.41, 5.74) is 1.36. The Bertz CT molecular complexity index is 413. The van der Waals surface area contributed by atoms with E-state index in [1.54, 1.807) is 14.2 Å². The Morgan fingerprint density at radius 1 is 1.16 bits per heavy atom. The third kappa shape index (κ3) is 4.92. The molecule has 0 amide bonds. The standard InChI is InChI=1S/C15H24ClNO2/c1-15(2,3)8-9-17-10-11-6-7-12(18-4)14(19-5)13(11)16/h6-7,17H,8-10H2,1-5H3. The maximum Gasteiger partial charge on any atom is 0.179 e. The molecule has 0 heterocycles. The van der Waals surface area contributed by atoms with Crippen LogP contribution < -0.4 is 14.8 Å². The first-order chi connectivity index (χ1) is 8.89. The van der Waals surface area contributed by atoms with Crippen molar-refractivity contribution in [3.63, 3.8) is 0 Å². The molecule has 0 aliphatic rings. The van der Waals surface area contributed by atoms with Crippen LogP contribution >= 0.6 is 11.6 Å². The van der Waals surface area contributed by atoms with E-state index in [2.05, 4.69) is 26.1 Å². The number of halogens is 1. The highest BCUT2D eigenvalue weighted by atomic mass is 35.5. The van der Waals surface area contributed by atoms with Crippen molar-refractivity contribution >= 4 is 11.6 Å². The van der Waals surface area contributed by atoms with Crippen molar-refractivity contribution in [2.45, 2.75) is 33.7 Å². The second kappa shape index (κ2) is 7.01. The Morgan fingerprint density at radius 3 is 2.37 bits per heavy atom. The average Bonchev–Trinajstić information content (AvgIpc) is 2.34. The van der Waals surface area contributed by atoms with E-state index in [1.807, 2.05) is 12.1 Å². The van der Waals surface area contributed by atoms with Crippen LogP contribution in [0.1, 0.15) is 32.8 Å². The molecular formula is C15H24ClNO2. The summed E-state index contributed by atoms with van der Waals surface area (Å²) in [5.74, 6) is 1.25. The summed E-state index contributed by atoms with van der Waals surface area (Å²) >= 11 is 6.32. The molecule has 4 heteroatoms. The molecule has 1 aromatic rings. The molecule has 0 aromatic heterocycles. The Kier molecular flexibility index (Phi) is 5.95. The monoisotopic (exact) mass is 285 g/mol. The zero-order valence-electron chi connectivity index (χ0n) is 12.5. The van der Waals surface area contributed by atoms with Crippen LogP contribution in [0.3, 0.4) is 0 Å². The predicted molar refractivity (Wildman–Crippen MR) is 80.3 cm³/mol. The van der Waals surface area contributed by atoms with Crippen LogP contribution in [0.2, 0.25) is 5.02 Å². The topological polar surface area (TPSA) is 30.5 Å². The minimum Gasteiger partial charge on any atom is -0.493 e. The summed E-state index contributed by atoms with van der Waals surface area (Å²) < 4.78 is 10.5. The Hall–Kier alpha value is -0.930. The smallest absolute Gasteiger partial charge is 0.179 e. The van der Waals surface area contributed by atoms with E-state index in [0.717, 1.165) is 25.1 Å². The minimum atomic E-state index is 0.342. The summed E-state index contributed by atoms with van der Waals surface area (Å²) in [7, 11) is 3.20.